The smallest absolute Gasteiger partial charge is 0.252 e. The maximum atomic E-state index is 14.0. The molecule has 0 saturated heterocycles. The van der Waals surface area contributed by atoms with E-state index in [1.54, 1.807) is 50.0 Å². The molecule has 0 aliphatic rings. The monoisotopic (exact) mass is 473 g/mol. The molecule has 0 spiro atoms. The van der Waals surface area contributed by atoms with Gasteiger partial charge in [0.25, 0.3) is 5.56 Å². The number of benzene rings is 2. The van der Waals surface area contributed by atoms with Gasteiger partial charge in [-0.05, 0) is 47.0 Å². The van der Waals surface area contributed by atoms with E-state index in [1.165, 1.54) is 22.8 Å². The average Bonchev–Trinajstić information content (AvgIpc) is 3.27. The van der Waals surface area contributed by atoms with Gasteiger partial charge in [-0.15, -0.1) is 0 Å². The lowest BCUT2D eigenvalue weighted by atomic mass is 9.81. The van der Waals surface area contributed by atoms with Gasteiger partial charge < -0.3 is 10.3 Å². The highest BCUT2D eigenvalue weighted by Crippen LogP contribution is 2.37. The molecule has 0 fully saturated rings. The van der Waals surface area contributed by atoms with Gasteiger partial charge in [-0.1, -0.05) is 35.9 Å². The van der Waals surface area contributed by atoms with Crippen LogP contribution in [-0.2, 0) is 19.6 Å². The Kier molecular flexibility index (Phi) is 5.31. The average molecular weight is 474 g/mol. The number of fused-ring (bicyclic) bond motifs is 1. The van der Waals surface area contributed by atoms with Gasteiger partial charge in [0.2, 0.25) is 0 Å². The molecule has 5 aromatic rings. The fourth-order valence-corrected chi connectivity index (χ4v) is 4.47. The Morgan fingerprint density at radius 1 is 1.00 bits per heavy atom. The molecule has 1 atom stereocenters. The van der Waals surface area contributed by atoms with Gasteiger partial charge in [-0.3, -0.25) is 9.36 Å². The summed E-state index contributed by atoms with van der Waals surface area (Å²) in [4.78, 5) is 21.6. The first-order valence-electron chi connectivity index (χ1n) is 10.6. The molecule has 170 valence electrons. The summed E-state index contributed by atoms with van der Waals surface area (Å²) in [5.41, 5.74) is 9.64. The number of nitrogens with zero attached hydrogens (tertiary/aromatic N) is 4. The van der Waals surface area contributed by atoms with E-state index in [2.05, 4.69) is 9.97 Å². The molecule has 0 unspecified atom stereocenters. The summed E-state index contributed by atoms with van der Waals surface area (Å²) in [5, 5.41) is 1.27. The Balaban J connectivity index is 1.84. The fourth-order valence-electron chi connectivity index (χ4n) is 4.35. The van der Waals surface area contributed by atoms with Gasteiger partial charge in [-0.25, -0.2) is 14.4 Å². The number of hydrogen-bond acceptors (Lipinski definition) is 4. The van der Waals surface area contributed by atoms with Gasteiger partial charge in [0.15, 0.2) is 0 Å². The largest absolute Gasteiger partial charge is 0.336 e. The number of halogens is 2. The second kappa shape index (κ2) is 8.20. The fraction of sp³-hybridized carbons (Fsp3) is 0.115. The lowest BCUT2D eigenvalue weighted by molar-refractivity contribution is 0.594. The predicted octanol–water partition coefficient (Wildman–Crippen LogP) is 4.38. The quantitative estimate of drug-likeness (QED) is 0.420. The highest BCUT2D eigenvalue weighted by Gasteiger charge is 2.35. The topological polar surface area (TPSA) is 78.7 Å². The van der Waals surface area contributed by atoms with Crippen molar-refractivity contribution in [2.45, 2.75) is 5.54 Å². The Hall–Kier alpha value is -3.81. The summed E-state index contributed by atoms with van der Waals surface area (Å²) in [6.45, 7) is 0. The van der Waals surface area contributed by atoms with Gasteiger partial charge in [0.05, 0.1) is 18.2 Å². The molecule has 6 nitrogen and oxygen atoms in total. The second-order valence-electron chi connectivity index (χ2n) is 8.27. The third-order valence-corrected chi connectivity index (χ3v) is 6.44. The lowest BCUT2D eigenvalue weighted by Crippen LogP contribution is -2.41. The number of aromatic nitrogens is 4. The van der Waals surface area contributed by atoms with Crippen molar-refractivity contribution in [3.63, 3.8) is 0 Å². The van der Waals surface area contributed by atoms with Crippen LogP contribution in [0.3, 0.4) is 0 Å². The van der Waals surface area contributed by atoms with Crippen molar-refractivity contribution in [3.8, 4) is 11.1 Å². The Morgan fingerprint density at radius 3 is 2.44 bits per heavy atom. The number of rotatable bonds is 4. The van der Waals surface area contributed by atoms with E-state index in [4.69, 9.17) is 17.3 Å². The van der Waals surface area contributed by atoms with E-state index in [0.29, 0.717) is 32.7 Å². The van der Waals surface area contributed by atoms with Crippen LogP contribution in [0, 0.1) is 5.82 Å². The van der Waals surface area contributed by atoms with E-state index in [0.717, 1.165) is 11.3 Å². The van der Waals surface area contributed by atoms with Crippen molar-refractivity contribution in [3.05, 3.63) is 117 Å². The van der Waals surface area contributed by atoms with Gasteiger partial charge in [0.1, 0.15) is 17.0 Å². The molecule has 0 saturated carbocycles. The van der Waals surface area contributed by atoms with Crippen molar-refractivity contribution >= 4 is 22.6 Å². The van der Waals surface area contributed by atoms with Crippen LogP contribution in [-0.4, -0.2) is 19.1 Å². The molecule has 0 radical (unpaired) electrons. The van der Waals surface area contributed by atoms with Crippen molar-refractivity contribution in [1.29, 1.82) is 0 Å². The van der Waals surface area contributed by atoms with Gasteiger partial charge in [0, 0.05) is 42.3 Å². The van der Waals surface area contributed by atoms with E-state index in [1.807, 2.05) is 29.8 Å². The van der Waals surface area contributed by atoms with Crippen LogP contribution in [0.2, 0.25) is 5.02 Å². The number of nitrogens with two attached hydrogens (primary N) is 1. The number of hydrogen-bond donors (Lipinski definition) is 1. The van der Waals surface area contributed by atoms with Crippen LogP contribution in [0.4, 0.5) is 4.39 Å². The minimum Gasteiger partial charge on any atom is -0.336 e. The maximum Gasteiger partial charge on any atom is 0.252 e. The number of pyridine rings is 2. The first-order chi connectivity index (χ1) is 16.3. The minimum atomic E-state index is -1.12. The maximum absolute atomic E-state index is 14.0. The van der Waals surface area contributed by atoms with Crippen LogP contribution in [0.5, 0.6) is 0 Å². The molecule has 3 aromatic heterocycles. The van der Waals surface area contributed by atoms with Crippen LogP contribution >= 0.6 is 11.6 Å². The van der Waals surface area contributed by atoms with E-state index >= 15 is 0 Å². The summed E-state index contributed by atoms with van der Waals surface area (Å²) in [6.07, 6.45) is 5.06. The van der Waals surface area contributed by atoms with Crippen molar-refractivity contribution < 1.29 is 4.39 Å². The Labute approximate surface area is 200 Å². The molecular weight excluding hydrogens is 453 g/mol. The summed E-state index contributed by atoms with van der Waals surface area (Å²) in [5.74, 6) is -0.389. The molecule has 2 aromatic carbocycles. The summed E-state index contributed by atoms with van der Waals surface area (Å²) in [7, 11) is 3.53. The standard InChI is InChI=1S/C26H21ClFN5O/c1-32-15-30-14-23(32)26(29,17-6-8-19(27)9-7-17)18-11-22-21(16-4-3-5-20(28)10-16)12-24(34)33(2)25(22)31-13-18/h3-15H,29H2,1-2H3/t26-/m1/s1. The lowest BCUT2D eigenvalue weighted by Gasteiger charge is -2.31. The van der Waals surface area contributed by atoms with E-state index < -0.39 is 5.54 Å². The van der Waals surface area contributed by atoms with Crippen molar-refractivity contribution in [1.82, 2.24) is 19.1 Å². The van der Waals surface area contributed by atoms with E-state index in [-0.39, 0.29) is 11.4 Å². The molecule has 5 rings (SSSR count). The molecule has 0 aliphatic heterocycles. The molecule has 0 amide bonds. The van der Waals surface area contributed by atoms with E-state index in [9.17, 15) is 9.18 Å². The van der Waals surface area contributed by atoms with Crippen LogP contribution in [0.15, 0.2) is 84.2 Å². The summed E-state index contributed by atoms with van der Waals surface area (Å²) in [6, 6.07) is 16.8. The predicted molar refractivity (Wildman–Crippen MR) is 131 cm³/mol. The van der Waals surface area contributed by atoms with Crippen LogP contribution < -0.4 is 11.3 Å². The summed E-state index contributed by atoms with van der Waals surface area (Å²) < 4.78 is 17.4. The number of aryl methyl sites for hydroxylation is 2. The molecule has 3 heterocycles. The van der Waals surface area contributed by atoms with Crippen LogP contribution in [0.25, 0.3) is 22.2 Å². The third-order valence-electron chi connectivity index (χ3n) is 6.18. The van der Waals surface area contributed by atoms with Crippen molar-refractivity contribution in [2.75, 3.05) is 0 Å². The van der Waals surface area contributed by atoms with Crippen LogP contribution in [0.1, 0.15) is 16.8 Å². The molecule has 0 aliphatic carbocycles. The number of imidazole rings is 1. The van der Waals surface area contributed by atoms with Gasteiger partial charge >= 0.3 is 0 Å². The molecule has 8 heteroatoms. The Morgan fingerprint density at radius 2 is 1.76 bits per heavy atom. The SMILES string of the molecule is Cn1cncc1[C@@](N)(c1ccc(Cl)cc1)c1cnc2c(c1)c(-c1cccc(F)c1)cc(=O)n2C. The summed E-state index contributed by atoms with van der Waals surface area (Å²) >= 11 is 6.14. The zero-order valence-electron chi connectivity index (χ0n) is 18.5. The molecule has 2 N–H and O–H groups in total. The highest BCUT2D eigenvalue weighted by atomic mass is 35.5. The molecule has 0 bridgehead atoms. The zero-order chi connectivity index (χ0) is 24.0. The second-order valence-corrected chi connectivity index (χ2v) is 8.70. The Bertz CT molecular complexity index is 1590. The highest BCUT2D eigenvalue weighted by molar-refractivity contribution is 6.30. The van der Waals surface area contributed by atoms with Gasteiger partial charge in [-0.2, -0.15) is 0 Å². The first-order valence-corrected chi connectivity index (χ1v) is 10.9. The molecule has 34 heavy (non-hydrogen) atoms. The molecular formula is C26H21ClFN5O. The van der Waals surface area contributed by atoms with Crippen molar-refractivity contribution in [2.24, 2.45) is 19.8 Å². The minimum absolute atomic E-state index is 0.240. The first kappa shape index (κ1) is 22.0. The normalized spacial score (nSPS) is 13.2. The zero-order valence-corrected chi connectivity index (χ0v) is 19.3. The third kappa shape index (κ3) is 3.50.